The zero-order valence-corrected chi connectivity index (χ0v) is 13.8. The maximum absolute atomic E-state index is 12.7. The molecule has 1 N–H and O–H groups in total. The van der Waals surface area contributed by atoms with E-state index in [9.17, 15) is 14.7 Å². The lowest BCUT2D eigenvalue weighted by atomic mass is 10.0. The van der Waals surface area contributed by atoms with Gasteiger partial charge in [0.05, 0.1) is 12.5 Å². The molecule has 1 fully saturated rings. The molecular formula is C16H30N2O3. The molecule has 21 heavy (non-hydrogen) atoms. The van der Waals surface area contributed by atoms with E-state index < -0.39 is 0 Å². The molecule has 0 spiro atoms. The van der Waals surface area contributed by atoms with Crippen molar-refractivity contribution >= 4 is 11.8 Å². The van der Waals surface area contributed by atoms with E-state index in [1.54, 1.807) is 9.80 Å². The molecule has 2 amide bonds. The van der Waals surface area contributed by atoms with E-state index in [0.717, 1.165) is 12.8 Å². The van der Waals surface area contributed by atoms with Crippen LogP contribution in [-0.4, -0.2) is 59.0 Å². The molecule has 1 atom stereocenters. The summed E-state index contributed by atoms with van der Waals surface area (Å²) in [6, 6.07) is 0.152. The number of rotatable bonds is 8. The molecule has 1 rings (SSSR count). The second kappa shape index (κ2) is 8.37. The molecule has 0 aromatic carbocycles. The number of aliphatic hydroxyl groups excluding tert-OH is 1. The molecular weight excluding hydrogens is 268 g/mol. The summed E-state index contributed by atoms with van der Waals surface area (Å²) in [5.41, 5.74) is 0. The molecule has 0 aliphatic carbocycles. The number of carbonyl (C=O) groups is 2. The highest BCUT2D eigenvalue weighted by Crippen LogP contribution is 2.23. The molecule has 0 aromatic rings. The van der Waals surface area contributed by atoms with Gasteiger partial charge in [0, 0.05) is 32.1 Å². The molecule has 1 saturated heterocycles. The van der Waals surface area contributed by atoms with Crippen LogP contribution in [0.5, 0.6) is 0 Å². The monoisotopic (exact) mass is 298 g/mol. The summed E-state index contributed by atoms with van der Waals surface area (Å²) in [5.74, 6) is 0.270. The van der Waals surface area contributed by atoms with Crippen LogP contribution in [0, 0.1) is 11.8 Å². The predicted octanol–water partition coefficient (Wildman–Crippen LogP) is 1.50. The molecule has 1 aliphatic heterocycles. The number of hydrogen-bond acceptors (Lipinski definition) is 3. The Balaban J connectivity index is 2.74. The number of nitrogens with zero attached hydrogens (tertiary/aromatic N) is 2. The fourth-order valence-corrected chi connectivity index (χ4v) is 3.10. The van der Waals surface area contributed by atoms with E-state index in [-0.39, 0.29) is 30.4 Å². The maximum atomic E-state index is 12.7. The zero-order chi connectivity index (χ0) is 16.0. The van der Waals surface area contributed by atoms with Crippen LogP contribution in [-0.2, 0) is 9.59 Å². The number of hydrogen-bond donors (Lipinski definition) is 1. The first kappa shape index (κ1) is 18.0. The van der Waals surface area contributed by atoms with Gasteiger partial charge in [0.2, 0.25) is 11.8 Å². The van der Waals surface area contributed by atoms with Crippen LogP contribution >= 0.6 is 0 Å². The van der Waals surface area contributed by atoms with E-state index in [1.165, 1.54) is 0 Å². The van der Waals surface area contributed by atoms with Crippen molar-refractivity contribution in [2.24, 2.45) is 11.8 Å². The van der Waals surface area contributed by atoms with Gasteiger partial charge in [-0.25, -0.2) is 0 Å². The van der Waals surface area contributed by atoms with Crippen molar-refractivity contribution in [3.05, 3.63) is 0 Å². The third-order valence-electron chi connectivity index (χ3n) is 4.16. The van der Waals surface area contributed by atoms with Crippen LogP contribution in [0.15, 0.2) is 0 Å². The Morgan fingerprint density at radius 3 is 2.48 bits per heavy atom. The summed E-state index contributed by atoms with van der Waals surface area (Å²) in [5, 5.41) is 9.22. The molecule has 1 heterocycles. The van der Waals surface area contributed by atoms with Gasteiger partial charge >= 0.3 is 0 Å². The highest BCUT2D eigenvalue weighted by molar-refractivity contribution is 5.89. The third kappa shape index (κ3) is 4.70. The Morgan fingerprint density at radius 2 is 2.00 bits per heavy atom. The first-order valence-electron chi connectivity index (χ1n) is 8.13. The second-order valence-corrected chi connectivity index (χ2v) is 6.32. The van der Waals surface area contributed by atoms with Gasteiger partial charge in [-0.1, -0.05) is 27.7 Å². The van der Waals surface area contributed by atoms with Gasteiger partial charge < -0.3 is 14.9 Å². The van der Waals surface area contributed by atoms with Gasteiger partial charge in [0.1, 0.15) is 0 Å². The lowest BCUT2D eigenvalue weighted by molar-refractivity contribution is -0.138. The second-order valence-electron chi connectivity index (χ2n) is 6.32. The summed E-state index contributed by atoms with van der Waals surface area (Å²) in [6.45, 7) is 9.83. The zero-order valence-electron chi connectivity index (χ0n) is 13.8. The van der Waals surface area contributed by atoms with Gasteiger partial charge in [-0.3, -0.25) is 9.59 Å². The van der Waals surface area contributed by atoms with Crippen molar-refractivity contribution in [1.29, 1.82) is 0 Å². The minimum atomic E-state index is -0.247. The fourth-order valence-electron chi connectivity index (χ4n) is 3.10. The molecule has 5 heteroatoms. The van der Waals surface area contributed by atoms with E-state index in [1.807, 2.05) is 0 Å². The van der Waals surface area contributed by atoms with E-state index >= 15 is 0 Å². The Kier molecular flexibility index (Phi) is 7.15. The average molecular weight is 298 g/mol. The molecule has 1 unspecified atom stereocenters. The van der Waals surface area contributed by atoms with Gasteiger partial charge in [-0.15, -0.1) is 0 Å². The normalized spacial score (nSPS) is 18.9. The van der Waals surface area contributed by atoms with Crippen molar-refractivity contribution in [3.63, 3.8) is 0 Å². The first-order valence-corrected chi connectivity index (χ1v) is 8.13. The molecule has 122 valence electrons. The summed E-state index contributed by atoms with van der Waals surface area (Å²) in [4.78, 5) is 28.3. The minimum absolute atomic E-state index is 0.0253. The van der Waals surface area contributed by atoms with Gasteiger partial charge in [-0.2, -0.15) is 0 Å². The SMILES string of the molecule is CCC(CC)N(CCO)C(=O)C1CC(=O)N(CC(C)C)C1. The molecule has 0 radical (unpaired) electrons. The number of carbonyl (C=O) groups excluding carboxylic acids is 2. The van der Waals surface area contributed by atoms with Gasteiger partial charge in [-0.05, 0) is 18.8 Å². The smallest absolute Gasteiger partial charge is 0.228 e. The molecule has 0 bridgehead atoms. The van der Waals surface area contributed by atoms with Crippen LogP contribution in [0.1, 0.15) is 47.0 Å². The summed E-state index contributed by atoms with van der Waals surface area (Å²) in [6.07, 6.45) is 2.06. The molecule has 0 saturated carbocycles. The van der Waals surface area contributed by atoms with Gasteiger partial charge in [0.15, 0.2) is 0 Å². The topological polar surface area (TPSA) is 60.9 Å². The Morgan fingerprint density at radius 1 is 1.38 bits per heavy atom. The van der Waals surface area contributed by atoms with E-state index in [4.69, 9.17) is 0 Å². The standard InChI is InChI=1S/C16H30N2O3/c1-5-14(6-2)18(7-8-19)16(21)13-9-15(20)17(11-13)10-12(3)4/h12-14,19H,5-11H2,1-4H3. The van der Waals surface area contributed by atoms with Crippen LogP contribution in [0.4, 0.5) is 0 Å². The lowest BCUT2D eigenvalue weighted by Gasteiger charge is -2.32. The lowest BCUT2D eigenvalue weighted by Crippen LogP contribution is -2.45. The number of amides is 2. The largest absolute Gasteiger partial charge is 0.395 e. The van der Waals surface area contributed by atoms with Crippen molar-refractivity contribution in [2.75, 3.05) is 26.2 Å². The predicted molar refractivity (Wildman–Crippen MR) is 82.7 cm³/mol. The summed E-state index contributed by atoms with van der Waals surface area (Å²) >= 11 is 0. The first-order chi connectivity index (χ1) is 9.94. The van der Waals surface area contributed by atoms with Crippen molar-refractivity contribution in [3.8, 4) is 0 Å². The highest BCUT2D eigenvalue weighted by Gasteiger charge is 2.37. The number of likely N-dealkylation sites (tertiary alicyclic amines) is 1. The van der Waals surface area contributed by atoms with Crippen molar-refractivity contribution in [1.82, 2.24) is 9.80 Å². The molecule has 5 nitrogen and oxygen atoms in total. The molecule has 1 aliphatic rings. The van der Waals surface area contributed by atoms with Crippen LogP contribution < -0.4 is 0 Å². The highest BCUT2D eigenvalue weighted by atomic mass is 16.3. The van der Waals surface area contributed by atoms with Crippen molar-refractivity contribution in [2.45, 2.75) is 53.0 Å². The quantitative estimate of drug-likeness (QED) is 0.739. The Hall–Kier alpha value is -1.10. The van der Waals surface area contributed by atoms with Crippen LogP contribution in [0.3, 0.4) is 0 Å². The third-order valence-corrected chi connectivity index (χ3v) is 4.16. The summed E-state index contributed by atoms with van der Waals surface area (Å²) < 4.78 is 0. The van der Waals surface area contributed by atoms with E-state index in [0.29, 0.717) is 32.0 Å². The summed E-state index contributed by atoms with van der Waals surface area (Å²) in [7, 11) is 0. The van der Waals surface area contributed by atoms with Crippen molar-refractivity contribution < 1.29 is 14.7 Å². The Bertz CT molecular complexity index is 353. The fraction of sp³-hybridized carbons (Fsp3) is 0.875. The minimum Gasteiger partial charge on any atom is -0.395 e. The Labute approximate surface area is 128 Å². The van der Waals surface area contributed by atoms with Crippen LogP contribution in [0.2, 0.25) is 0 Å². The van der Waals surface area contributed by atoms with Gasteiger partial charge in [0.25, 0.3) is 0 Å². The maximum Gasteiger partial charge on any atom is 0.228 e. The average Bonchev–Trinajstić information content (AvgIpc) is 2.79. The molecule has 0 aromatic heterocycles. The number of aliphatic hydroxyl groups is 1. The van der Waals surface area contributed by atoms with Crippen LogP contribution in [0.25, 0.3) is 0 Å². The van der Waals surface area contributed by atoms with E-state index in [2.05, 4.69) is 27.7 Å².